The van der Waals surface area contributed by atoms with Crippen molar-refractivity contribution in [1.29, 1.82) is 0 Å². The predicted molar refractivity (Wildman–Crippen MR) is 143 cm³/mol. The highest BCUT2D eigenvalue weighted by Crippen LogP contribution is 2.36. The number of hydrogen-bond acceptors (Lipinski definition) is 4. The highest BCUT2D eigenvalue weighted by atomic mass is 16.5. The molecule has 0 spiro atoms. The molecule has 1 atom stereocenters. The minimum atomic E-state index is -0.283. The standard InChI is InChI=1S/C31H40O4/c1-5-7-8-9-10-11-24-14-18-28-27(20-24)17-19-29(30(28)33-4)34-22-25-12-15-26(16-13-25)31(32)35-21-23(3)6-2/h12-20,23H,5-11,21-22H2,1-4H3/t23-/m1/s1. The van der Waals surface area contributed by atoms with Gasteiger partial charge in [-0.1, -0.05) is 89.3 Å². The molecule has 188 valence electrons. The van der Waals surface area contributed by atoms with Crippen LogP contribution in [0.1, 0.15) is 80.8 Å². The zero-order valence-corrected chi connectivity index (χ0v) is 21.8. The number of rotatable bonds is 14. The summed E-state index contributed by atoms with van der Waals surface area (Å²) in [5.41, 5.74) is 2.90. The topological polar surface area (TPSA) is 44.8 Å². The lowest BCUT2D eigenvalue weighted by Crippen LogP contribution is -2.11. The molecule has 3 rings (SSSR count). The van der Waals surface area contributed by atoms with E-state index in [1.165, 1.54) is 43.1 Å². The molecular formula is C31H40O4. The number of methoxy groups -OCH3 is 1. The van der Waals surface area contributed by atoms with Gasteiger partial charge in [-0.05, 0) is 53.5 Å². The largest absolute Gasteiger partial charge is 0.492 e. The summed E-state index contributed by atoms with van der Waals surface area (Å²) in [6.07, 6.45) is 8.55. The second-order valence-electron chi connectivity index (χ2n) is 9.41. The molecule has 3 aromatic carbocycles. The average Bonchev–Trinajstić information content (AvgIpc) is 2.90. The van der Waals surface area contributed by atoms with Crippen LogP contribution in [-0.2, 0) is 17.8 Å². The van der Waals surface area contributed by atoms with Gasteiger partial charge in [0.25, 0.3) is 0 Å². The highest BCUT2D eigenvalue weighted by molar-refractivity contribution is 5.91. The zero-order chi connectivity index (χ0) is 25.0. The van der Waals surface area contributed by atoms with E-state index in [-0.39, 0.29) is 5.97 Å². The molecule has 0 N–H and O–H groups in total. The Bertz CT molecular complexity index is 1070. The van der Waals surface area contributed by atoms with Crippen molar-refractivity contribution in [3.63, 3.8) is 0 Å². The first-order valence-corrected chi connectivity index (χ1v) is 13.0. The Hall–Kier alpha value is -3.01. The Labute approximate surface area is 210 Å². The van der Waals surface area contributed by atoms with Crippen molar-refractivity contribution in [1.82, 2.24) is 0 Å². The molecule has 0 aromatic heterocycles. The van der Waals surface area contributed by atoms with Crippen LogP contribution in [0.4, 0.5) is 0 Å². The van der Waals surface area contributed by atoms with E-state index in [9.17, 15) is 4.79 Å². The lowest BCUT2D eigenvalue weighted by atomic mass is 10.0. The van der Waals surface area contributed by atoms with E-state index in [2.05, 4.69) is 45.0 Å². The Morgan fingerprint density at radius 3 is 2.34 bits per heavy atom. The summed E-state index contributed by atoms with van der Waals surface area (Å²) < 4.78 is 17.2. The Morgan fingerprint density at radius 1 is 0.886 bits per heavy atom. The van der Waals surface area contributed by atoms with Crippen LogP contribution < -0.4 is 9.47 Å². The van der Waals surface area contributed by atoms with Crippen molar-refractivity contribution in [3.8, 4) is 11.5 Å². The van der Waals surface area contributed by atoms with Crippen molar-refractivity contribution in [3.05, 3.63) is 71.3 Å². The summed E-state index contributed by atoms with van der Waals surface area (Å²) >= 11 is 0. The summed E-state index contributed by atoms with van der Waals surface area (Å²) in [6, 6.07) is 18.1. The van der Waals surface area contributed by atoms with Gasteiger partial charge in [0.05, 0.1) is 19.3 Å². The number of aryl methyl sites for hydroxylation is 1. The van der Waals surface area contributed by atoms with E-state index in [4.69, 9.17) is 14.2 Å². The molecule has 0 bridgehead atoms. The van der Waals surface area contributed by atoms with Gasteiger partial charge in [-0.3, -0.25) is 0 Å². The van der Waals surface area contributed by atoms with Gasteiger partial charge in [0.1, 0.15) is 6.61 Å². The zero-order valence-electron chi connectivity index (χ0n) is 21.8. The molecule has 4 heteroatoms. The summed E-state index contributed by atoms with van der Waals surface area (Å²) in [6.45, 7) is 7.25. The molecule has 0 radical (unpaired) electrons. The number of esters is 1. The smallest absolute Gasteiger partial charge is 0.338 e. The second kappa shape index (κ2) is 13.8. The van der Waals surface area contributed by atoms with Gasteiger partial charge in [0.2, 0.25) is 0 Å². The second-order valence-corrected chi connectivity index (χ2v) is 9.41. The monoisotopic (exact) mass is 476 g/mol. The van der Waals surface area contributed by atoms with Crippen LogP contribution in [-0.4, -0.2) is 19.7 Å². The molecule has 0 aliphatic rings. The van der Waals surface area contributed by atoms with E-state index >= 15 is 0 Å². The van der Waals surface area contributed by atoms with Crippen LogP contribution in [0, 0.1) is 5.92 Å². The Balaban J connectivity index is 1.61. The highest BCUT2D eigenvalue weighted by Gasteiger charge is 2.12. The van der Waals surface area contributed by atoms with Crippen molar-refractivity contribution in [2.75, 3.05) is 13.7 Å². The molecule has 35 heavy (non-hydrogen) atoms. The molecule has 4 nitrogen and oxygen atoms in total. The summed E-state index contributed by atoms with van der Waals surface area (Å²) in [5.74, 6) is 1.55. The third-order valence-corrected chi connectivity index (χ3v) is 6.55. The van der Waals surface area contributed by atoms with Gasteiger partial charge in [-0.2, -0.15) is 0 Å². The van der Waals surface area contributed by atoms with Crippen molar-refractivity contribution in [2.24, 2.45) is 5.92 Å². The average molecular weight is 477 g/mol. The fraction of sp³-hybridized carbons (Fsp3) is 0.452. The van der Waals surface area contributed by atoms with Crippen LogP contribution in [0.3, 0.4) is 0 Å². The number of fused-ring (bicyclic) bond motifs is 1. The Kier molecular flexibility index (Phi) is 10.5. The lowest BCUT2D eigenvalue weighted by molar-refractivity contribution is 0.0447. The van der Waals surface area contributed by atoms with Gasteiger partial charge in [0, 0.05) is 5.39 Å². The molecule has 0 aliphatic carbocycles. The minimum Gasteiger partial charge on any atom is -0.492 e. The molecule has 0 amide bonds. The van der Waals surface area contributed by atoms with Crippen LogP contribution in [0.5, 0.6) is 11.5 Å². The van der Waals surface area contributed by atoms with Crippen LogP contribution in [0.25, 0.3) is 10.8 Å². The number of unbranched alkanes of at least 4 members (excludes halogenated alkanes) is 4. The number of benzene rings is 3. The van der Waals surface area contributed by atoms with Crippen LogP contribution in [0.15, 0.2) is 54.6 Å². The van der Waals surface area contributed by atoms with Crippen LogP contribution >= 0.6 is 0 Å². The number of carbonyl (C=O) groups is 1. The molecule has 3 aromatic rings. The molecule has 0 heterocycles. The first-order valence-electron chi connectivity index (χ1n) is 13.0. The molecular weight excluding hydrogens is 436 g/mol. The third kappa shape index (κ3) is 7.74. The van der Waals surface area contributed by atoms with Crippen LogP contribution in [0.2, 0.25) is 0 Å². The van der Waals surface area contributed by atoms with Gasteiger partial charge < -0.3 is 14.2 Å². The molecule has 0 aliphatic heterocycles. The normalized spacial score (nSPS) is 11.9. The van der Waals surface area contributed by atoms with E-state index in [1.54, 1.807) is 19.2 Å². The minimum absolute atomic E-state index is 0.283. The predicted octanol–water partition coefficient (Wildman–Crippen LogP) is 8.14. The van der Waals surface area contributed by atoms with Crippen molar-refractivity contribution >= 4 is 16.7 Å². The van der Waals surface area contributed by atoms with Crippen molar-refractivity contribution < 1.29 is 19.0 Å². The summed E-state index contributed by atoms with van der Waals surface area (Å²) in [7, 11) is 1.68. The molecule has 0 unspecified atom stereocenters. The van der Waals surface area contributed by atoms with Gasteiger partial charge in [0.15, 0.2) is 11.5 Å². The maximum absolute atomic E-state index is 12.2. The SMILES string of the molecule is CCCCCCCc1ccc2c(OC)c(OCc3ccc(C(=O)OC[C@H](C)CC)cc3)ccc2c1. The van der Waals surface area contributed by atoms with Gasteiger partial charge >= 0.3 is 5.97 Å². The maximum Gasteiger partial charge on any atom is 0.338 e. The fourth-order valence-corrected chi connectivity index (χ4v) is 4.06. The molecule has 0 saturated carbocycles. The number of carbonyl (C=O) groups excluding carboxylic acids is 1. The summed E-state index contributed by atoms with van der Waals surface area (Å²) in [4.78, 5) is 12.2. The van der Waals surface area contributed by atoms with Crippen molar-refractivity contribution in [2.45, 2.75) is 72.3 Å². The third-order valence-electron chi connectivity index (χ3n) is 6.55. The Morgan fingerprint density at radius 2 is 1.63 bits per heavy atom. The van der Waals surface area contributed by atoms with E-state index < -0.39 is 0 Å². The van der Waals surface area contributed by atoms with E-state index in [1.807, 2.05) is 18.2 Å². The lowest BCUT2D eigenvalue weighted by Gasteiger charge is -2.14. The number of hydrogen-bond donors (Lipinski definition) is 0. The van der Waals surface area contributed by atoms with Gasteiger partial charge in [-0.15, -0.1) is 0 Å². The number of ether oxygens (including phenoxy) is 3. The van der Waals surface area contributed by atoms with Gasteiger partial charge in [-0.25, -0.2) is 4.79 Å². The maximum atomic E-state index is 12.2. The summed E-state index contributed by atoms with van der Waals surface area (Å²) in [5, 5.41) is 2.22. The quantitative estimate of drug-likeness (QED) is 0.174. The van der Waals surface area contributed by atoms with E-state index in [0.29, 0.717) is 30.4 Å². The molecule has 0 fully saturated rings. The molecule has 0 saturated heterocycles. The first kappa shape index (κ1) is 26.6. The first-order chi connectivity index (χ1) is 17.0. The van der Waals surface area contributed by atoms with E-state index in [0.717, 1.165) is 29.5 Å². The fourth-order valence-electron chi connectivity index (χ4n) is 4.06.